The Hall–Kier alpha value is -2.47. The highest BCUT2D eigenvalue weighted by Crippen LogP contribution is 2.40. The van der Waals surface area contributed by atoms with Crippen molar-refractivity contribution in [1.29, 1.82) is 0 Å². The fourth-order valence-electron chi connectivity index (χ4n) is 3.09. The van der Waals surface area contributed by atoms with Crippen LogP contribution < -0.4 is 0 Å². The van der Waals surface area contributed by atoms with Crippen LogP contribution in [0.4, 0.5) is 0 Å². The molecule has 24 heavy (non-hydrogen) atoms. The van der Waals surface area contributed by atoms with Gasteiger partial charge >= 0.3 is 5.97 Å². The number of carbonyl (C=O) groups excluding carboxylic acids is 1. The maximum absolute atomic E-state index is 12.6. The van der Waals surface area contributed by atoms with Crippen molar-refractivity contribution in [3.8, 4) is 5.75 Å². The van der Waals surface area contributed by atoms with Gasteiger partial charge < -0.3 is 15.1 Å². The number of phenolic OH excluding ortho intramolecular Hbond substituents is 1. The van der Waals surface area contributed by atoms with E-state index in [1.54, 1.807) is 24.3 Å². The number of nitrogens with zero attached hydrogens (tertiary/aromatic N) is 1. The molecule has 0 aliphatic carbocycles. The molecule has 0 fully saturated rings. The monoisotopic (exact) mass is 343 g/mol. The van der Waals surface area contributed by atoms with Crippen molar-refractivity contribution in [3.05, 3.63) is 58.7 Å². The van der Waals surface area contributed by atoms with Crippen LogP contribution in [0.15, 0.2) is 41.3 Å². The van der Waals surface area contributed by atoms with Gasteiger partial charge in [0.25, 0.3) is 5.91 Å². The summed E-state index contributed by atoms with van der Waals surface area (Å²) in [7, 11) is 0. The smallest absolute Gasteiger partial charge is 0.331 e. The molecule has 0 bridgehead atoms. The Morgan fingerprint density at radius 2 is 1.96 bits per heavy atom. The molecule has 1 aliphatic heterocycles. The summed E-state index contributed by atoms with van der Waals surface area (Å²) in [5.41, 5.74) is 2.41. The molecule has 1 heterocycles. The molecule has 1 aliphatic rings. The molecule has 0 spiro atoms. The van der Waals surface area contributed by atoms with Crippen molar-refractivity contribution in [3.63, 3.8) is 0 Å². The van der Waals surface area contributed by atoms with E-state index < -0.39 is 12.0 Å². The first-order chi connectivity index (χ1) is 11.5. The summed E-state index contributed by atoms with van der Waals surface area (Å²) in [6.45, 7) is 2.07. The summed E-state index contributed by atoms with van der Waals surface area (Å²) in [4.78, 5) is 26.5. The number of aromatic hydroxyl groups is 1. The normalized spacial score (nSPS) is 14.6. The van der Waals surface area contributed by atoms with Crippen molar-refractivity contribution < 1.29 is 19.8 Å². The van der Waals surface area contributed by atoms with E-state index in [2.05, 4.69) is 0 Å². The maximum Gasteiger partial charge on any atom is 0.331 e. The van der Waals surface area contributed by atoms with Crippen LogP contribution in [0.5, 0.6) is 5.75 Å². The zero-order valence-corrected chi connectivity index (χ0v) is 14.1. The van der Waals surface area contributed by atoms with Crippen LogP contribution >= 0.6 is 11.8 Å². The van der Waals surface area contributed by atoms with E-state index in [-0.39, 0.29) is 23.8 Å². The minimum Gasteiger partial charge on any atom is -0.506 e. The summed E-state index contributed by atoms with van der Waals surface area (Å²) in [6, 6.07) is 9.21. The SMILES string of the molecule is CSc1c(C)ccc(C(C(=O)O)N2Cc3ccccc3C2=O)c1O. The average molecular weight is 343 g/mol. The minimum absolute atomic E-state index is 0.0707. The van der Waals surface area contributed by atoms with Gasteiger partial charge in [-0.1, -0.05) is 30.3 Å². The second-order valence-corrected chi connectivity index (χ2v) is 6.50. The molecule has 0 radical (unpaired) electrons. The highest BCUT2D eigenvalue weighted by molar-refractivity contribution is 7.98. The van der Waals surface area contributed by atoms with Crippen molar-refractivity contribution in [2.24, 2.45) is 0 Å². The number of rotatable bonds is 4. The van der Waals surface area contributed by atoms with Crippen molar-refractivity contribution in [2.45, 2.75) is 24.4 Å². The number of amides is 1. The molecule has 6 heteroatoms. The summed E-state index contributed by atoms with van der Waals surface area (Å²) in [6.07, 6.45) is 1.82. The predicted molar refractivity (Wildman–Crippen MR) is 91.3 cm³/mol. The van der Waals surface area contributed by atoms with Crippen molar-refractivity contribution >= 4 is 23.6 Å². The fraction of sp³-hybridized carbons (Fsp3) is 0.222. The summed E-state index contributed by atoms with van der Waals surface area (Å²) < 4.78 is 0. The molecule has 0 saturated carbocycles. The molecule has 1 unspecified atom stereocenters. The molecule has 3 rings (SSSR count). The van der Waals surface area contributed by atoms with Gasteiger partial charge in [-0.05, 0) is 30.4 Å². The second-order valence-electron chi connectivity index (χ2n) is 5.68. The predicted octanol–water partition coefficient (Wildman–Crippen LogP) is 3.20. The van der Waals surface area contributed by atoms with Crippen LogP contribution in [-0.4, -0.2) is 33.2 Å². The number of phenols is 1. The van der Waals surface area contributed by atoms with Gasteiger partial charge in [-0.2, -0.15) is 0 Å². The van der Waals surface area contributed by atoms with Gasteiger partial charge in [0.05, 0.1) is 4.90 Å². The van der Waals surface area contributed by atoms with E-state index in [0.717, 1.165) is 11.1 Å². The maximum atomic E-state index is 12.6. The summed E-state index contributed by atoms with van der Waals surface area (Å²) in [5.74, 6) is -1.57. The van der Waals surface area contributed by atoms with Crippen LogP contribution in [0.3, 0.4) is 0 Å². The van der Waals surface area contributed by atoms with Crippen molar-refractivity contribution in [1.82, 2.24) is 4.90 Å². The Morgan fingerprint density at radius 3 is 2.58 bits per heavy atom. The van der Waals surface area contributed by atoms with Crippen LogP contribution in [-0.2, 0) is 11.3 Å². The number of hydrogen-bond donors (Lipinski definition) is 2. The summed E-state index contributed by atoms with van der Waals surface area (Å²) >= 11 is 1.35. The number of aliphatic carboxylic acids is 1. The lowest BCUT2D eigenvalue weighted by Crippen LogP contribution is -2.34. The Kier molecular flexibility index (Phi) is 4.24. The van der Waals surface area contributed by atoms with Gasteiger partial charge in [0, 0.05) is 17.7 Å². The third kappa shape index (κ3) is 2.53. The van der Waals surface area contributed by atoms with E-state index in [9.17, 15) is 19.8 Å². The highest BCUT2D eigenvalue weighted by Gasteiger charge is 2.38. The third-order valence-electron chi connectivity index (χ3n) is 4.25. The number of carboxylic acid groups (broad SMARTS) is 1. The Bertz CT molecular complexity index is 834. The van der Waals surface area contributed by atoms with Gasteiger partial charge in [-0.25, -0.2) is 4.79 Å². The standard InChI is InChI=1S/C18H17NO4S/c1-10-7-8-13(15(20)16(10)24-2)14(18(22)23)19-9-11-5-3-4-6-12(11)17(19)21/h3-8,14,20H,9H2,1-2H3,(H,22,23). The Balaban J connectivity index is 2.08. The third-order valence-corrected chi connectivity index (χ3v) is 5.18. The number of hydrogen-bond acceptors (Lipinski definition) is 4. The van der Waals surface area contributed by atoms with Crippen LogP contribution in [0.1, 0.15) is 33.1 Å². The molecule has 2 N–H and O–H groups in total. The molecule has 2 aromatic carbocycles. The quantitative estimate of drug-likeness (QED) is 0.834. The van der Waals surface area contributed by atoms with E-state index >= 15 is 0 Å². The second kappa shape index (κ2) is 6.20. The first kappa shape index (κ1) is 16.4. The van der Waals surface area contributed by atoms with E-state index in [0.29, 0.717) is 10.5 Å². The molecule has 2 aromatic rings. The number of thioether (sulfide) groups is 1. The van der Waals surface area contributed by atoms with Crippen LogP contribution in [0.25, 0.3) is 0 Å². The average Bonchev–Trinajstić information content (AvgIpc) is 2.87. The van der Waals surface area contributed by atoms with E-state index in [1.807, 2.05) is 25.3 Å². The molecular formula is C18H17NO4S. The van der Waals surface area contributed by atoms with E-state index in [4.69, 9.17) is 0 Å². The molecule has 5 nitrogen and oxygen atoms in total. The van der Waals surface area contributed by atoms with Gasteiger partial charge in [-0.15, -0.1) is 11.8 Å². The highest BCUT2D eigenvalue weighted by atomic mass is 32.2. The van der Waals surface area contributed by atoms with Gasteiger partial charge in [0.1, 0.15) is 5.75 Å². The zero-order chi connectivity index (χ0) is 17.4. The summed E-state index contributed by atoms with van der Waals surface area (Å²) in [5, 5.41) is 20.3. The van der Waals surface area contributed by atoms with Gasteiger partial charge in [0.15, 0.2) is 6.04 Å². The molecule has 1 atom stereocenters. The Labute approximate surface area is 143 Å². The minimum atomic E-state index is -1.23. The topological polar surface area (TPSA) is 77.8 Å². The number of fused-ring (bicyclic) bond motifs is 1. The van der Waals surface area contributed by atoms with Gasteiger partial charge in [0.2, 0.25) is 0 Å². The number of benzene rings is 2. The lowest BCUT2D eigenvalue weighted by Gasteiger charge is -2.26. The molecule has 0 saturated heterocycles. The molecule has 1 amide bonds. The van der Waals surface area contributed by atoms with Gasteiger partial charge in [-0.3, -0.25) is 4.79 Å². The van der Waals surface area contributed by atoms with Crippen LogP contribution in [0.2, 0.25) is 0 Å². The van der Waals surface area contributed by atoms with Crippen LogP contribution in [0, 0.1) is 6.92 Å². The zero-order valence-electron chi connectivity index (χ0n) is 13.3. The van der Waals surface area contributed by atoms with E-state index in [1.165, 1.54) is 16.7 Å². The first-order valence-corrected chi connectivity index (χ1v) is 8.66. The molecule has 124 valence electrons. The lowest BCUT2D eigenvalue weighted by molar-refractivity contribution is -0.142. The molecular weight excluding hydrogens is 326 g/mol. The fourth-order valence-corrected chi connectivity index (χ4v) is 3.79. The molecule has 0 aromatic heterocycles. The number of carbonyl (C=O) groups is 2. The van der Waals surface area contributed by atoms with Crippen molar-refractivity contribution in [2.75, 3.05) is 6.26 Å². The first-order valence-electron chi connectivity index (χ1n) is 7.43. The largest absolute Gasteiger partial charge is 0.506 e. The Morgan fingerprint density at radius 1 is 1.25 bits per heavy atom. The lowest BCUT2D eigenvalue weighted by atomic mass is 10.0. The number of carboxylic acids is 1. The number of aryl methyl sites for hydroxylation is 1.